The van der Waals surface area contributed by atoms with Gasteiger partial charge in [-0.3, -0.25) is 9.89 Å². The Hall–Kier alpha value is -3.35. The van der Waals surface area contributed by atoms with Crippen LogP contribution in [0.25, 0.3) is 22.5 Å². The molecule has 7 nitrogen and oxygen atoms in total. The summed E-state index contributed by atoms with van der Waals surface area (Å²) >= 11 is 0. The summed E-state index contributed by atoms with van der Waals surface area (Å²) in [5.74, 6) is 1.20. The van der Waals surface area contributed by atoms with Crippen molar-refractivity contribution in [2.45, 2.75) is 26.4 Å². The van der Waals surface area contributed by atoms with E-state index in [1.54, 1.807) is 24.5 Å². The van der Waals surface area contributed by atoms with Gasteiger partial charge in [0.05, 0.1) is 23.3 Å². The van der Waals surface area contributed by atoms with Gasteiger partial charge in [-0.2, -0.15) is 5.10 Å². The maximum absolute atomic E-state index is 12.6. The fourth-order valence-corrected chi connectivity index (χ4v) is 3.09. The predicted octanol–water partition coefficient (Wildman–Crippen LogP) is 3.53. The van der Waals surface area contributed by atoms with Crippen LogP contribution in [0.2, 0.25) is 0 Å². The number of aromatic nitrogens is 4. The summed E-state index contributed by atoms with van der Waals surface area (Å²) in [4.78, 5) is 17.2. The van der Waals surface area contributed by atoms with E-state index in [0.717, 1.165) is 23.4 Å². The quantitative estimate of drug-likeness (QED) is 0.577. The van der Waals surface area contributed by atoms with Crippen LogP contribution in [0.1, 0.15) is 36.2 Å². The Kier molecular flexibility index (Phi) is 4.04. The molecule has 0 radical (unpaired) electrons. The van der Waals surface area contributed by atoms with Crippen LogP contribution in [0.15, 0.2) is 53.1 Å². The molecule has 1 aromatic carbocycles. The van der Waals surface area contributed by atoms with Gasteiger partial charge in [0.15, 0.2) is 11.5 Å². The highest BCUT2D eigenvalue weighted by atomic mass is 16.3. The SMILES string of the molecule is CCn1c(C(C)NC(=O)c2cc(-c3ccco3)[nH]n2)nc2ccccc21. The van der Waals surface area contributed by atoms with Crippen LogP contribution in [0.4, 0.5) is 0 Å². The van der Waals surface area contributed by atoms with Gasteiger partial charge in [-0.15, -0.1) is 0 Å². The van der Waals surface area contributed by atoms with E-state index in [0.29, 0.717) is 17.1 Å². The lowest BCUT2D eigenvalue weighted by Gasteiger charge is -2.14. The number of hydrogen-bond donors (Lipinski definition) is 2. The summed E-state index contributed by atoms with van der Waals surface area (Å²) < 4.78 is 7.42. The van der Waals surface area contributed by atoms with E-state index in [1.807, 2.05) is 31.2 Å². The van der Waals surface area contributed by atoms with Gasteiger partial charge in [-0.05, 0) is 38.1 Å². The molecule has 2 N–H and O–H groups in total. The minimum Gasteiger partial charge on any atom is -0.463 e. The highest BCUT2D eigenvalue weighted by Gasteiger charge is 2.20. The molecule has 1 amide bonds. The molecule has 132 valence electrons. The molecular formula is C19H19N5O2. The Morgan fingerprint density at radius 3 is 2.92 bits per heavy atom. The van der Waals surface area contributed by atoms with Gasteiger partial charge in [0, 0.05) is 12.6 Å². The minimum atomic E-state index is -0.263. The van der Waals surface area contributed by atoms with Crippen LogP contribution in [0.3, 0.4) is 0 Å². The van der Waals surface area contributed by atoms with Crippen molar-refractivity contribution in [3.63, 3.8) is 0 Å². The highest BCUT2D eigenvalue weighted by Crippen LogP contribution is 2.22. The van der Waals surface area contributed by atoms with E-state index >= 15 is 0 Å². The molecule has 3 heterocycles. The number of fused-ring (bicyclic) bond motifs is 1. The first-order valence-corrected chi connectivity index (χ1v) is 8.52. The Morgan fingerprint density at radius 1 is 1.31 bits per heavy atom. The Labute approximate surface area is 150 Å². The number of H-pyrrole nitrogens is 1. The number of carbonyl (C=O) groups is 1. The van der Waals surface area contributed by atoms with Crippen LogP contribution in [-0.2, 0) is 6.54 Å². The van der Waals surface area contributed by atoms with Crippen molar-refractivity contribution >= 4 is 16.9 Å². The molecule has 1 unspecified atom stereocenters. The number of carbonyl (C=O) groups excluding carboxylic acids is 1. The number of amides is 1. The van der Waals surface area contributed by atoms with Gasteiger partial charge < -0.3 is 14.3 Å². The van der Waals surface area contributed by atoms with Gasteiger partial charge >= 0.3 is 0 Å². The Balaban J connectivity index is 1.56. The largest absolute Gasteiger partial charge is 0.463 e. The minimum absolute atomic E-state index is 0.251. The second kappa shape index (κ2) is 6.51. The molecule has 0 aliphatic heterocycles. The first-order valence-electron chi connectivity index (χ1n) is 8.52. The van der Waals surface area contributed by atoms with Crippen molar-refractivity contribution in [2.75, 3.05) is 0 Å². The van der Waals surface area contributed by atoms with Crippen molar-refractivity contribution in [3.05, 3.63) is 60.2 Å². The fourth-order valence-electron chi connectivity index (χ4n) is 3.09. The first-order chi connectivity index (χ1) is 12.7. The van der Waals surface area contributed by atoms with Crippen molar-refractivity contribution < 1.29 is 9.21 Å². The second-order valence-electron chi connectivity index (χ2n) is 6.04. The zero-order chi connectivity index (χ0) is 18.1. The third-order valence-electron chi connectivity index (χ3n) is 4.33. The third-order valence-corrected chi connectivity index (χ3v) is 4.33. The van der Waals surface area contributed by atoms with Gasteiger partial charge in [-0.25, -0.2) is 4.98 Å². The first kappa shape index (κ1) is 16.1. The molecule has 0 fully saturated rings. The van der Waals surface area contributed by atoms with Crippen molar-refractivity contribution in [1.29, 1.82) is 0 Å². The fraction of sp³-hybridized carbons (Fsp3) is 0.211. The number of para-hydroxylation sites is 2. The molecule has 0 bridgehead atoms. The molecule has 1 atom stereocenters. The van der Waals surface area contributed by atoms with Crippen molar-refractivity contribution in [2.24, 2.45) is 0 Å². The van der Waals surface area contributed by atoms with Gasteiger partial charge in [0.1, 0.15) is 11.5 Å². The maximum Gasteiger partial charge on any atom is 0.272 e. The van der Waals surface area contributed by atoms with E-state index in [4.69, 9.17) is 4.42 Å². The van der Waals surface area contributed by atoms with E-state index in [-0.39, 0.29) is 11.9 Å². The summed E-state index contributed by atoms with van der Waals surface area (Å²) in [6.45, 7) is 4.77. The molecule has 0 aliphatic rings. The Bertz CT molecular complexity index is 1050. The van der Waals surface area contributed by atoms with Crippen LogP contribution in [0, 0.1) is 0 Å². The smallest absolute Gasteiger partial charge is 0.272 e. The van der Waals surface area contributed by atoms with E-state index in [1.165, 1.54) is 0 Å². The van der Waals surface area contributed by atoms with Gasteiger partial charge in [0.2, 0.25) is 0 Å². The molecule has 4 aromatic rings. The zero-order valence-corrected chi connectivity index (χ0v) is 14.6. The molecule has 7 heteroatoms. The number of nitrogens with zero attached hydrogens (tertiary/aromatic N) is 3. The normalized spacial score (nSPS) is 12.4. The lowest BCUT2D eigenvalue weighted by Crippen LogP contribution is -2.29. The third kappa shape index (κ3) is 2.77. The topological polar surface area (TPSA) is 88.7 Å². The summed E-state index contributed by atoms with van der Waals surface area (Å²) in [7, 11) is 0. The second-order valence-corrected chi connectivity index (χ2v) is 6.04. The number of rotatable bonds is 5. The number of hydrogen-bond acceptors (Lipinski definition) is 4. The van der Waals surface area contributed by atoms with Crippen molar-refractivity contribution in [1.82, 2.24) is 25.1 Å². The summed E-state index contributed by atoms with van der Waals surface area (Å²) in [6.07, 6.45) is 1.58. The number of imidazole rings is 1. The van der Waals surface area contributed by atoms with Gasteiger partial charge in [0.25, 0.3) is 5.91 Å². The summed E-state index contributed by atoms with van der Waals surface area (Å²) in [5, 5.41) is 9.87. The van der Waals surface area contributed by atoms with Crippen LogP contribution < -0.4 is 5.32 Å². The molecule has 3 aromatic heterocycles. The van der Waals surface area contributed by atoms with Crippen LogP contribution in [-0.4, -0.2) is 25.7 Å². The summed E-state index contributed by atoms with van der Waals surface area (Å²) in [5.41, 5.74) is 2.95. The number of furan rings is 1. The molecule has 0 spiro atoms. The van der Waals surface area contributed by atoms with E-state index < -0.39 is 0 Å². The number of nitrogens with one attached hydrogen (secondary N) is 2. The van der Waals surface area contributed by atoms with Crippen LogP contribution >= 0.6 is 0 Å². The lowest BCUT2D eigenvalue weighted by molar-refractivity contribution is 0.0932. The van der Waals surface area contributed by atoms with E-state index in [9.17, 15) is 4.79 Å². The molecule has 26 heavy (non-hydrogen) atoms. The molecule has 4 rings (SSSR count). The molecular weight excluding hydrogens is 330 g/mol. The number of aromatic amines is 1. The highest BCUT2D eigenvalue weighted by molar-refractivity contribution is 5.93. The standard InChI is InChI=1S/C19H19N5O2/c1-3-24-16-8-5-4-7-13(16)21-18(24)12(2)20-19(25)15-11-14(22-23-15)17-9-6-10-26-17/h4-12H,3H2,1-2H3,(H,20,25)(H,22,23). The molecule has 0 aliphatic carbocycles. The van der Waals surface area contributed by atoms with Crippen molar-refractivity contribution in [3.8, 4) is 11.5 Å². The lowest BCUT2D eigenvalue weighted by atomic mass is 10.2. The van der Waals surface area contributed by atoms with Gasteiger partial charge in [-0.1, -0.05) is 12.1 Å². The maximum atomic E-state index is 12.6. The average molecular weight is 349 g/mol. The average Bonchev–Trinajstić information content (AvgIpc) is 3.39. The monoisotopic (exact) mass is 349 g/mol. The van der Waals surface area contributed by atoms with E-state index in [2.05, 4.69) is 32.0 Å². The zero-order valence-electron chi connectivity index (χ0n) is 14.6. The number of aryl methyl sites for hydroxylation is 1. The summed E-state index contributed by atoms with van der Waals surface area (Å²) in [6, 6.07) is 13.0. The number of benzene rings is 1. The Morgan fingerprint density at radius 2 is 2.15 bits per heavy atom. The molecule has 0 saturated carbocycles. The molecule has 0 saturated heterocycles. The van der Waals surface area contributed by atoms with Crippen LogP contribution in [0.5, 0.6) is 0 Å². The predicted molar refractivity (Wildman–Crippen MR) is 97.6 cm³/mol.